The maximum Gasteiger partial charge on any atom is 0.255 e. The highest BCUT2D eigenvalue weighted by Gasteiger charge is 2.24. The zero-order valence-corrected chi connectivity index (χ0v) is 17.1. The van der Waals surface area contributed by atoms with Crippen molar-refractivity contribution < 1.29 is 19.1 Å². The summed E-state index contributed by atoms with van der Waals surface area (Å²) in [6.45, 7) is 6.27. The lowest BCUT2D eigenvalue weighted by Crippen LogP contribution is -2.13. The summed E-state index contributed by atoms with van der Waals surface area (Å²) in [7, 11) is 0. The maximum absolute atomic E-state index is 12.7. The molecule has 0 heterocycles. The quantitative estimate of drug-likeness (QED) is 0.610. The van der Waals surface area contributed by atoms with Crippen LogP contribution in [-0.2, 0) is 0 Å². The van der Waals surface area contributed by atoms with E-state index in [4.69, 9.17) is 21.1 Å². The lowest BCUT2D eigenvalue weighted by Gasteiger charge is -2.15. The van der Waals surface area contributed by atoms with E-state index in [0.717, 1.165) is 18.4 Å². The average Bonchev–Trinajstić information content (AvgIpc) is 3.46. The van der Waals surface area contributed by atoms with Gasteiger partial charge in [-0.3, -0.25) is 9.59 Å². The van der Waals surface area contributed by atoms with Gasteiger partial charge in [0.1, 0.15) is 0 Å². The van der Waals surface area contributed by atoms with E-state index in [-0.39, 0.29) is 11.7 Å². The van der Waals surface area contributed by atoms with Crippen LogP contribution in [0.5, 0.6) is 11.5 Å². The molecule has 0 spiro atoms. The predicted octanol–water partition coefficient (Wildman–Crippen LogP) is 5.29. The van der Waals surface area contributed by atoms with E-state index in [1.54, 1.807) is 30.3 Å². The number of anilines is 1. The maximum atomic E-state index is 12.7. The fourth-order valence-corrected chi connectivity index (χ4v) is 3.19. The number of ether oxygens (including phenoxy) is 2. The van der Waals surface area contributed by atoms with Crippen molar-refractivity contribution in [2.45, 2.75) is 33.6 Å². The Balaban J connectivity index is 1.82. The summed E-state index contributed by atoms with van der Waals surface area (Å²) in [6.07, 6.45) is 2.32. The number of nitrogens with one attached hydrogen (secondary N) is 1. The minimum Gasteiger partial charge on any atom is -0.489 e. The molecule has 1 amide bonds. The van der Waals surface area contributed by atoms with Crippen LogP contribution in [0.3, 0.4) is 0 Å². The lowest BCUT2D eigenvalue weighted by molar-refractivity contribution is 0.101. The number of Topliss-reactive ketones (excluding diaryl/α,β-unsaturated/α-hetero) is 1. The number of hydrogen-bond donors (Lipinski definition) is 1. The fourth-order valence-electron chi connectivity index (χ4n) is 2.92. The van der Waals surface area contributed by atoms with Gasteiger partial charge in [0.25, 0.3) is 5.91 Å². The average molecular weight is 402 g/mol. The first kappa shape index (κ1) is 20.2. The van der Waals surface area contributed by atoms with Crippen molar-refractivity contribution in [3.63, 3.8) is 0 Å². The van der Waals surface area contributed by atoms with E-state index in [1.807, 2.05) is 13.8 Å². The third-order valence-corrected chi connectivity index (χ3v) is 4.88. The van der Waals surface area contributed by atoms with Crippen LogP contribution in [0.25, 0.3) is 0 Å². The molecule has 0 bridgehead atoms. The van der Waals surface area contributed by atoms with Gasteiger partial charge < -0.3 is 14.8 Å². The molecular formula is C22H24ClNO4. The van der Waals surface area contributed by atoms with E-state index in [2.05, 4.69) is 5.32 Å². The number of halogens is 1. The second-order valence-corrected chi connectivity index (χ2v) is 7.42. The van der Waals surface area contributed by atoms with Gasteiger partial charge in [0.05, 0.1) is 18.2 Å². The Hall–Kier alpha value is -2.53. The number of rotatable bonds is 8. The largest absolute Gasteiger partial charge is 0.489 e. The van der Waals surface area contributed by atoms with Gasteiger partial charge in [0, 0.05) is 16.8 Å². The molecule has 5 nitrogen and oxygen atoms in total. The molecule has 0 aromatic heterocycles. The van der Waals surface area contributed by atoms with Crippen LogP contribution in [0.2, 0.25) is 5.02 Å². The number of aryl methyl sites for hydroxylation is 1. The molecule has 0 aliphatic heterocycles. The zero-order chi connectivity index (χ0) is 20.3. The van der Waals surface area contributed by atoms with Gasteiger partial charge in [-0.25, -0.2) is 0 Å². The highest BCUT2D eigenvalue weighted by molar-refractivity contribution is 6.32. The molecule has 0 unspecified atom stereocenters. The molecule has 0 atom stereocenters. The summed E-state index contributed by atoms with van der Waals surface area (Å²) in [5.41, 5.74) is 2.44. The smallest absolute Gasteiger partial charge is 0.255 e. The van der Waals surface area contributed by atoms with E-state index < -0.39 is 0 Å². The van der Waals surface area contributed by atoms with Gasteiger partial charge in [0.2, 0.25) is 0 Å². The summed E-state index contributed by atoms with van der Waals surface area (Å²) >= 11 is 6.35. The molecule has 2 aromatic rings. The van der Waals surface area contributed by atoms with Crippen LogP contribution in [0.15, 0.2) is 30.3 Å². The molecule has 2 aromatic carbocycles. The SMILES string of the molecule is CCOc1c(Cl)cc(C(=O)Nc2ccc(C(C)=O)c(C)c2)cc1OCC1CC1. The van der Waals surface area contributed by atoms with Crippen LogP contribution in [-0.4, -0.2) is 24.9 Å². The van der Waals surface area contributed by atoms with Crippen molar-refractivity contribution in [3.05, 3.63) is 52.0 Å². The summed E-state index contributed by atoms with van der Waals surface area (Å²) in [5.74, 6) is 1.19. The van der Waals surface area contributed by atoms with Crippen LogP contribution in [0.1, 0.15) is 53.0 Å². The summed E-state index contributed by atoms with van der Waals surface area (Å²) in [5, 5.41) is 3.18. The molecule has 1 N–H and O–H groups in total. The Morgan fingerprint density at radius 3 is 2.54 bits per heavy atom. The van der Waals surface area contributed by atoms with Crippen molar-refractivity contribution in [1.82, 2.24) is 0 Å². The summed E-state index contributed by atoms with van der Waals surface area (Å²) < 4.78 is 11.5. The van der Waals surface area contributed by atoms with Crippen molar-refractivity contribution in [1.29, 1.82) is 0 Å². The van der Waals surface area contributed by atoms with E-state index in [0.29, 0.717) is 52.5 Å². The normalized spacial score (nSPS) is 13.1. The Kier molecular flexibility index (Phi) is 6.25. The molecule has 0 saturated heterocycles. The number of carbonyl (C=O) groups is 2. The van der Waals surface area contributed by atoms with Crippen molar-refractivity contribution in [2.75, 3.05) is 18.5 Å². The minimum atomic E-state index is -0.309. The highest BCUT2D eigenvalue weighted by atomic mass is 35.5. The standard InChI is InChI=1S/C22H24ClNO4/c1-4-27-21-19(23)10-16(11-20(21)28-12-15-5-6-15)22(26)24-17-7-8-18(14(3)25)13(2)9-17/h7-11,15H,4-6,12H2,1-3H3,(H,24,26). The van der Waals surface area contributed by atoms with Crippen molar-refractivity contribution >= 4 is 29.0 Å². The fraction of sp³-hybridized carbons (Fsp3) is 0.364. The first-order valence-corrected chi connectivity index (χ1v) is 9.79. The molecule has 1 aliphatic rings. The molecular weight excluding hydrogens is 378 g/mol. The minimum absolute atomic E-state index is 0.00822. The van der Waals surface area contributed by atoms with Crippen LogP contribution < -0.4 is 14.8 Å². The van der Waals surface area contributed by atoms with Crippen molar-refractivity contribution in [3.8, 4) is 11.5 Å². The second kappa shape index (κ2) is 8.65. The van der Waals surface area contributed by atoms with Crippen LogP contribution in [0, 0.1) is 12.8 Å². The predicted molar refractivity (Wildman–Crippen MR) is 110 cm³/mol. The van der Waals surface area contributed by atoms with Gasteiger partial charge in [0.15, 0.2) is 17.3 Å². The number of hydrogen-bond acceptors (Lipinski definition) is 4. The van der Waals surface area contributed by atoms with Gasteiger partial charge in [-0.2, -0.15) is 0 Å². The molecule has 1 saturated carbocycles. The van der Waals surface area contributed by atoms with E-state index in [9.17, 15) is 9.59 Å². The first-order chi connectivity index (χ1) is 13.4. The third-order valence-electron chi connectivity index (χ3n) is 4.60. The van der Waals surface area contributed by atoms with Gasteiger partial charge in [-0.1, -0.05) is 11.6 Å². The molecule has 0 radical (unpaired) electrons. The van der Waals surface area contributed by atoms with Gasteiger partial charge in [-0.15, -0.1) is 0 Å². The van der Waals surface area contributed by atoms with Crippen LogP contribution >= 0.6 is 11.6 Å². The Morgan fingerprint density at radius 1 is 1.18 bits per heavy atom. The third kappa shape index (κ3) is 4.84. The molecule has 1 fully saturated rings. The molecule has 3 rings (SSSR count). The molecule has 148 valence electrons. The number of carbonyl (C=O) groups excluding carboxylic acids is 2. The Labute approximate surface area is 170 Å². The Bertz CT molecular complexity index is 906. The summed E-state index contributed by atoms with van der Waals surface area (Å²) in [6, 6.07) is 8.42. The monoisotopic (exact) mass is 401 g/mol. The Morgan fingerprint density at radius 2 is 1.93 bits per heavy atom. The lowest BCUT2D eigenvalue weighted by atomic mass is 10.0. The zero-order valence-electron chi connectivity index (χ0n) is 16.3. The summed E-state index contributed by atoms with van der Waals surface area (Å²) in [4.78, 5) is 24.3. The van der Waals surface area contributed by atoms with Gasteiger partial charge >= 0.3 is 0 Å². The number of benzene rings is 2. The first-order valence-electron chi connectivity index (χ1n) is 9.41. The number of ketones is 1. The van der Waals surface area contributed by atoms with E-state index >= 15 is 0 Å². The molecule has 1 aliphatic carbocycles. The second-order valence-electron chi connectivity index (χ2n) is 7.01. The van der Waals surface area contributed by atoms with Gasteiger partial charge in [-0.05, 0) is 75.4 Å². The van der Waals surface area contributed by atoms with Crippen LogP contribution in [0.4, 0.5) is 5.69 Å². The van der Waals surface area contributed by atoms with E-state index in [1.165, 1.54) is 6.92 Å². The molecule has 6 heteroatoms. The molecule has 28 heavy (non-hydrogen) atoms. The topological polar surface area (TPSA) is 64.6 Å². The number of amides is 1. The van der Waals surface area contributed by atoms with Crippen molar-refractivity contribution in [2.24, 2.45) is 5.92 Å². The highest BCUT2D eigenvalue weighted by Crippen LogP contribution is 2.38.